The van der Waals surface area contributed by atoms with E-state index in [-0.39, 0.29) is 17.9 Å². The fourth-order valence-electron chi connectivity index (χ4n) is 2.02. The molecule has 2 aromatic rings. The average molecular weight is 264 g/mol. The highest BCUT2D eigenvalue weighted by Gasteiger charge is 2.14. The molecule has 2 atom stereocenters. The molecular formula is C14H17FN2S. The average Bonchev–Trinajstić information content (AvgIpc) is 2.76. The Bertz CT molecular complexity index is 507. The largest absolute Gasteiger partial charge is 0.303 e. The quantitative estimate of drug-likeness (QED) is 0.902. The van der Waals surface area contributed by atoms with Crippen LogP contribution in [0, 0.1) is 12.7 Å². The monoisotopic (exact) mass is 264 g/mol. The number of aryl methyl sites for hydroxylation is 1. The van der Waals surface area contributed by atoms with Crippen LogP contribution in [0.15, 0.2) is 29.8 Å². The SMILES string of the molecule is Cc1ncsc1C(C)NC(C)c1ccc(F)cc1. The minimum atomic E-state index is -0.197. The maximum Gasteiger partial charge on any atom is 0.123 e. The molecule has 2 unspecified atom stereocenters. The molecule has 0 radical (unpaired) electrons. The first kappa shape index (κ1) is 13.2. The van der Waals surface area contributed by atoms with Crippen LogP contribution in [0.1, 0.15) is 42.1 Å². The maximum atomic E-state index is 12.9. The molecule has 0 fully saturated rings. The number of hydrogen-bond acceptors (Lipinski definition) is 3. The van der Waals surface area contributed by atoms with Crippen LogP contribution in [0.2, 0.25) is 0 Å². The molecule has 96 valence electrons. The van der Waals surface area contributed by atoms with Crippen LogP contribution in [0.25, 0.3) is 0 Å². The number of nitrogens with one attached hydrogen (secondary N) is 1. The molecule has 0 aliphatic heterocycles. The standard InChI is InChI=1S/C14H17FN2S/c1-9(12-4-6-13(15)7-5-12)17-11(3)14-10(2)16-8-18-14/h4-9,11,17H,1-3H3. The molecule has 1 heterocycles. The number of halogens is 1. The molecule has 0 aliphatic carbocycles. The number of benzene rings is 1. The lowest BCUT2D eigenvalue weighted by Crippen LogP contribution is -2.22. The second-order valence-electron chi connectivity index (χ2n) is 4.46. The summed E-state index contributed by atoms with van der Waals surface area (Å²) in [6.07, 6.45) is 0. The van der Waals surface area contributed by atoms with Gasteiger partial charge in [0.1, 0.15) is 5.82 Å². The van der Waals surface area contributed by atoms with Crippen molar-refractivity contribution in [1.29, 1.82) is 0 Å². The van der Waals surface area contributed by atoms with E-state index >= 15 is 0 Å². The molecule has 1 aromatic carbocycles. The van der Waals surface area contributed by atoms with Crippen LogP contribution in [-0.4, -0.2) is 4.98 Å². The van der Waals surface area contributed by atoms with E-state index in [1.807, 2.05) is 24.6 Å². The third kappa shape index (κ3) is 2.94. The zero-order chi connectivity index (χ0) is 13.1. The van der Waals surface area contributed by atoms with E-state index in [0.717, 1.165) is 11.3 Å². The Labute approximate surface area is 111 Å². The number of aromatic nitrogens is 1. The van der Waals surface area contributed by atoms with Gasteiger partial charge in [0.2, 0.25) is 0 Å². The molecule has 2 rings (SSSR count). The number of thiazole rings is 1. The van der Waals surface area contributed by atoms with E-state index in [1.165, 1.54) is 17.0 Å². The topological polar surface area (TPSA) is 24.9 Å². The van der Waals surface area contributed by atoms with Gasteiger partial charge in [-0.3, -0.25) is 0 Å². The van der Waals surface area contributed by atoms with Crippen molar-refractivity contribution in [3.8, 4) is 0 Å². The molecule has 0 bridgehead atoms. The van der Waals surface area contributed by atoms with Gasteiger partial charge >= 0.3 is 0 Å². The van der Waals surface area contributed by atoms with E-state index < -0.39 is 0 Å². The predicted octanol–water partition coefficient (Wildman–Crippen LogP) is 4.00. The molecule has 0 saturated carbocycles. The third-order valence-corrected chi connectivity index (χ3v) is 4.16. The first-order chi connectivity index (χ1) is 8.58. The van der Waals surface area contributed by atoms with Gasteiger partial charge in [0.25, 0.3) is 0 Å². The van der Waals surface area contributed by atoms with Crippen molar-refractivity contribution in [3.63, 3.8) is 0 Å². The van der Waals surface area contributed by atoms with Crippen molar-refractivity contribution in [3.05, 3.63) is 51.7 Å². The molecule has 1 N–H and O–H groups in total. The molecule has 2 nitrogen and oxygen atoms in total. The highest BCUT2D eigenvalue weighted by Crippen LogP contribution is 2.24. The van der Waals surface area contributed by atoms with Crippen molar-refractivity contribution in [2.24, 2.45) is 0 Å². The van der Waals surface area contributed by atoms with E-state index in [4.69, 9.17) is 0 Å². The van der Waals surface area contributed by atoms with E-state index in [1.54, 1.807) is 11.3 Å². The lowest BCUT2D eigenvalue weighted by Gasteiger charge is -2.20. The summed E-state index contributed by atoms with van der Waals surface area (Å²) < 4.78 is 12.9. The Balaban J connectivity index is 2.05. The minimum Gasteiger partial charge on any atom is -0.303 e. The maximum absolute atomic E-state index is 12.9. The van der Waals surface area contributed by atoms with Crippen molar-refractivity contribution in [2.75, 3.05) is 0 Å². The zero-order valence-corrected chi connectivity index (χ0v) is 11.6. The van der Waals surface area contributed by atoms with Gasteiger partial charge in [0.15, 0.2) is 0 Å². The molecule has 4 heteroatoms. The van der Waals surface area contributed by atoms with E-state index in [0.29, 0.717) is 0 Å². The predicted molar refractivity (Wildman–Crippen MR) is 73.2 cm³/mol. The van der Waals surface area contributed by atoms with Gasteiger partial charge in [0.05, 0.1) is 11.2 Å². The van der Waals surface area contributed by atoms with Crippen LogP contribution in [-0.2, 0) is 0 Å². The molecule has 18 heavy (non-hydrogen) atoms. The van der Waals surface area contributed by atoms with Crippen LogP contribution in [0.4, 0.5) is 4.39 Å². The molecule has 0 spiro atoms. The summed E-state index contributed by atoms with van der Waals surface area (Å²) in [7, 11) is 0. The summed E-state index contributed by atoms with van der Waals surface area (Å²) in [5.41, 5.74) is 4.03. The number of hydrogen-bond donors (Lipinski definition) is 1. The fraction of sp³-hybridized carbons (Fsp3) is 0.357. The summed E-state index contributed by atoms with van der Waals surface area (Å²) in [6.45, 7) is 6.23. The van der Waals surface area contributed by atoms with Gasteiger partial charge in [0, 0.05) is 17.0 Å². The lowest BCUT2D eigenvalue weighted by atomic mass is 10.1. The van der Waals surface area contributed by atoms with Crippen molar-refractivity contribution >= 4 is 11.3 Å². The van der Waals surface area contributed by atoms with Gasteiger partial charge < -0.3 is 5.32 Å². The smallest absolute Gasteiger partial charge is 0.123 e. The Morgan fingerprint density at radius 2 is 1.83 bits per heavy atom. The first-order valence-electron chi connectivity index (χ1n) is 5.99. The van der Waals surface area contributed by atoms with Gasteiger partial charge in [-0.25, -0.2) is 9.37 Å². The van der Waals surface area contributed by atoms with Crippen LogP contribution < -0.4 is 5.32 Å². The van der Waals surface area contributed by atoms with Gasteiger partial charge in [-0.05, 0) is 38.5 Å². The second-order valence-corrected chi connectivity index (χ2v) is 5.35. The third-order valence-electron chi connectivity index (χ3n) is 3.05. The van der Waals surface area contributed by atoms with Crippen LogP contribution in [0.5, 0.6) is 0 Å². The van der Waals surface area contributed by atoms with E-state index in [2.05, 4.69) is 24.1 Å². The number of nitrogens with zero attached hydrogens (tertiary/aromatic N) is 1. The zero-order valence-electron chi connectivity index (χ0n) is 10.8. The fourth-order valence-corrected chi connectivity index (χ4v) is 2.84. The molecule has 1 aromatic heterocycles. The lowest BCUT2D eigenvalue weighted by molar-refractivity contribution is 0.497. The Kier molecular flexibility index (Phi) is 4.09. The highest BCUT2D eigenvalue weighted by molar-refractivity contribution is 7.09. The Morgan fingerprint density at radius 3 is 2.39 bits per heavy atom. The summed E-state index contributed by atoms with van der Waals surface area (Å²) in [6, 6.07) is 7.06. The van der Waals surface area contributed by atoms with Gasteiger partial charge in [-0.15, -0.1) is 11.3 Å². The van der Waals surface area contributed by atoms with Crippen LogP contribution in [0.3, 0.4) is 0 Å². The first-order valence-corrected chi connectivity index (χ1v) is 6.87. The number of rotatable bonds is 4. The van der Waals surface area contributed by atoms with Crippen molar-refractivity contribution in [1.82, 2.24) is 10.3 Å². The summed E-state index contributed by atoms with van der Waals surface area (Å²) >= 11 is 1.66. The van der Waals surface area contributed by atoms with Gasteiger partial charge in [-0.1, -0.05) is 12.1 Å². The highest BCUT2D eigenvalue weighted by atomic mass is 32.1. The molecule has 0 amide bonds. The van der Waals surface area contributed by atoms with E-state index in [9.17, 15) is 4.39 Å². The minimum absolute atomic E-state index is 0.182. The Morgan fingerprint density at radius 1 is 1.17 bits per heavy atom. The summed E-state index contributed by atoms with van der Waals surface area (Å²) in [5, 5.41) is 3.51. The second kappa shape index (κ2) is 5.59. The summed E-state index contributed by atoms with van der Waals surface area (Å²) in [4.78, 5) is 5.51. The van der Waals surface area contributed by atoms with Crippen molar-refractivity contribution in [2.45, 2.75) is 32.9 Å². The van der Waals surface area contributed by atoms with Crippen LogP contribution >= 0.6 is 11.3 Å². The molecule has 0 aliphatic rings. The van der Waals surface area contributed by atoms with Crippen molar-refractivity contribution < 1.29 is 4.39 Å². The van der Waals surface area contributed by atoms with Gasteiger partial charge in [-0.2, -0.15) is 0 Å². The molecule has 0 saturated heterocycles. The normalized spacial score (nSPS) is 14.4. The molecular weight excluding hydrogens is 247 g/mol. The summed E-state index contributed by atoms with van der Waals surface area (Å²) in [5.74, 6) is -0.197. The Hall–Kier alpha value is -1.26.